The number of carboxylic acid groups (broad SMARTS) is 1. The minimum Gasteiger partial charge on any atom is -0.480 e. The van der Waals surface area contributed by atoms with Gasteiger partial charge in [-0.1, -0.05) is 24.6 Å². The van der Waals surface area contributed by atoms with Crippen molar-refractivity contribution in [2.45, 2.75) is 80.0 Å². The lowest BCUT2D eigenvalue weighted by molar-refractivity contribution is -0.139. The van der Waals surface area contributed by atoms with Gasteiger partial charge in [-0.25, -0.2) is 0 Å². The highest BCUT2D eigenvalue weighted by Gasteiger charge is 2.44. The van der Waals surface area contributed by atoms with Crippen LogP contribution in [-0.4, -0.2) is 30.6 Å². The van der Waals surface area contributed by atoms with E-state index in [0.717, 1.165) is 25.2 Å². The van der Waals surface area contributed by atoms with Crippen LogP contribution in [0.25, 0.3) is 5.00 Å². The van der Waals surface area contributed by atoms with Crippen LogP contribution in [0, 0.1) is 0 Å². The Hall–Kier alpha value is -0.860. The van der Waals surface area contributed by atoms with Crippen molar-refractivity contribution in [2.24, 2.45) is 0 Å². The summed E-state index contributed by atoms with van der Waals surface area (Å²) in [5.74, 6) is 0.0182. The highest BCUT2D eigenvalue weighted by Crippen LogP contribution is 2.51. The zero-order valence-corrected chi connectivity index (χ0v) is 18.3. The predicted octanol–water partition coefficient (Wildman–Crippen LogP) is 5.34. The summed E-state index contributed by atoms with van der Waals surface area (Å²) in [4.78, 5) is 13.6. The first-order valence-electron chi connectivity index (χ1n) is 9.77. The molecule has 0 spiro atoms. The number of thioether (sulfide) groups is 1. The van der Waals surface area contributed by atoms with Gasteiger partial charge in [0, 0.05) is 4.88 Å². The molecular weight excluding hydrogens is 446 g/mol. The fraction of sp³-hybridized carbons (Fsp3) is 0.632. The van der Waals surface area contributed by atoms with E-state index in [9.17, 15) is 9.90 Å². The Morgan fingerprint density at radius 2 is 1.85 bits per heavy atom. The maximum atomic E-state index is 12.0. The fourth-order valence-electron chi connectivity index (χ4n) is 4.47. The maximum Gasteiger partial charge on any atom is 0.320 e. The van der Waals surface area contributed by atoms with Crippen LogP contribution in [0.5, 0.6) is 0 Å². The SMILES string of the molecule is O=C(O)C1(Sc2nnc(Br)n2-c2sc(C3CC3)c3c2CCCC3)CCCC1. The van der Waals surface area contributed by atoms with Crippen molar-refractivity contribution in [3.05, 3.63) is 20.7 Å². The van der Waals surface area contributed by atoms with Crippen LogP contribution >= 0.6 is 39.0 Å². The van der Waals surface area contributed by atoms with E-state index in [4.69, 9.17) is 0 Å². The van der Waals surface area contributed by atoms with Crippen LogP contribution in [0.1, 0.15) is 73.3 Å². The summed E-state index contributed by atoms with van der Waals surface area (Å²) in [5, 5.41) is 20.4. The van der Waals surface area contributed by atoms with Gasteiger partial charge >= 0.3 is 5.97 Å². The minimum atomic E-state index is -0.763. The van der Waals surface area contributed by atoms with E-state index in [1.165, 1.54) is 54.4 Å². The quantitative estimate of drug-likeness (QED) is 0.642. The molecular formula is C19H22BrN3O2S2. The fourth-order valence-corrected chi connectivity index (χ4v) is 8.04. The molecule has 0 atom stereocenters. The number of halogens is 1. The standard InChI is InChI=1S/C19H22BrN3O2S2/c20-17-21-22-18(27-19(16(24)25)9-3-4-10-19)23(17)15-13-6-2-1-5-12(13)14(26-15)11-7-8-11/h11H,1-10H2,(H,24,25). The Kier molecular flexibility index (Phi) is 4.64. The van der Waals surface area contributed by atoms with Crippen LogP contribution in [-0.2, 0) is 17.6 Å². The third-order valence-corrected chi connectivity index (χ3v) is 9.42. The van der Waals surface area contributed by atoms with Gasteiger partial charge in [-0.15, -0.1) is 21.5 Å². The van der Waals surface area contributed by atoms with E-state index in [1.54, 1.807) is 10.4 Å². The molecule has 2 aromatic heterocycles. The van der Waals surface area contributed by atoms with Gasteiger partial charge in [0.15, 0.2) is 5.16 Å². The second kappa shape index (κ2) is 6.88. The van der Waals surface area contributed by atoms with Gasteiger partial charge in [0.1, 0.15) is 9.75 Å². The number of rotatable bonds is 5. The predicted molar refractivity (Wildman–Crippen MR) is 110 cm³/mol. The molecule has 0 bridgehead atoms. The molecule has 1 N–H and O–H groups in total. The molecule has 8 heteroatoms. The second-order valence-corrected chi connectivity index (χ2v) is 11.0. The zero-order chi connectivity index (χ0) is 18.6. The Labute approximate surface area is 175 Å². The molecule has 144 valence electrons. The highest BCUT2D eigenvalue weighted by atomic mass is 79.9. The van der Waals surface area contributed by atoms with Gasteiger partial charge in [0.05, 0.1) is 0 Å². The van der Waals surface area contributed by atoms with E-state index in [0.29, 0.717) is 22.7 Å². The summed E-state index contributed by atoms with van der Waals surface area (Å²) in [6.45, 7) is 0. The normalized spacial score (nSPS) is 21.4. The average molecular weight is 468 g/mol. The molecule has 5 nitrogen and oxygen atoms in total. The van der Waals surface area contributed by atoms with Gasteiger partial charge in [-0.3, -0.25) is 9.36 Å². The van der Waals surface area contributed by atoms with Crippen LogP contribution in [0.4, 0.5) is 0 Å². The zero-order valence-electron chi connectivity index (χ0n) is 15.0. The van der Waals surface area contributed by atoms with Crippen LogP contribution in [0.15, 0.2) is 9.89 Å². The monoisotopic (exact) mass is 467 g/mol. The van der Waals surface area contributed by atoms with E-state index < -0.39 is 10.7 Å². The lowest BCUT2D eigenvalue weighted by atomic mass is 9.92. The van der Waals surface area contributed by atoms with Crippen LogP contribution < -0.4 is 0 Å². The van der Waals surface area contributed by atoms with Crippen molar-refractivity contribution in [1.82, 2.24) is 14.8 Å². The molecule has 3 aliphatic carbocycles. The van der Waals surface area contributed by atoms with Gasteiger partial charge in [-0.2, -0.15) is 0 Å². The van der Waals surface area contributed by atoms with Crippen molar-refractivity contribution >= 4 is 45.0 Å². The van der Waals surface area contributed by atoms with Crippen LogP contribution in [0.3, 0.4) is 0 Å². The molecule has 0 aliphatic heterocycles. The van der Waals surface area contributed by atoms with Crippen molar-refractivity contribution in [2.75, 3.05) is 0 Å². The number of hydrogen-bond acceptors (Lipinski definition) is 5. The van der Waals surface area contributed by atoms with Crippen molar-refractivity contribution in [1.29, 1.82) is 0 Å². The third-order valence-electron chi connectivity index (χ3n) is 6.06. The van der Waals surface area contributed by atoms with Gasteiger partial charge in [-0.05, 0) is 84.3 Å². The number of aromatic nitrogens is 3. The first-order chi connectivity index (χ1) is 13.1. The molecule has 0 radical (unpaired) electrons. The molecule has 2 heterocycles. The smallest absolute Gasteiger partial charge is 0.320 e. The lowest BCUT2D eigenvalue weighted by Gasteiger charge is -2.22. The first kappa shape index (κ1) is 18.2. The van der Waals surface area contributed by atoms with Gasteiger partial charge in [0.25, 0.3) is 0 Å². The molecule has 2 aromatic rings. The molecule has 0 unspecified atom stereocenters. The number of hydrogen-bond donors (Lipinski definition) is 1. The Morgan fingerprint density at radius 3 is 2.52 bits per heavy atom. The molecule has 0 saturated heterocycles. The highest BCUT2D eigenvalue weighted by molar-refractivity contribution is 9.10. The Morgan fingerprint density at radius 1 is 1.15 bits per heavy atom. The molecule has 5 rings (SSSR count). The van der Waals surface area contributed by atoms with Crippen molar-refractivity contribution in [3.63, 3.8) is 0 Å². The van der Waals surface area contributed by atoms with E-state index >= 15 is 0 Å². The molecule has 0 amide bonds. The summed E-state index contributed by atoms with van der Waals surface area (Å²) in [6.07, 6.45) is 10.7. The second-order valence-electron chi connectivity index (χ2n) is 7.91. The summed E-state index contributed by atoms with van der Waals surface area (Å²) in [5.41, 5.74) is 3.01. The Balaban J connectivity index is 1.59. The van der Waals surface area contributed by atoms with E-state index in [1.807, 2.05) is 11.3 Å². The number of carboxylic acids is 1. The number of fused-ring (bicyclic) bond motifs is 1. The Bertz CT molecular complexity index is 897. The van der Waals surface area contributed by atoms with Crippen LogP contribution in [0.2, 0.25) is 0 Å². The van der Waals surface area contributed by atoms with Gasteiger partial charge < -0.3 is 5.11 Å². The molecule has 2 saturated carbocycles. The largest absolute Gasteiger partial charge is 0.480 e. The number of nitrogens with zero attached hydrogens (tertiary/aromatic N) is 3. The first-order valence-corrected chi connectivity index (χ1v) is 12.2. The summed E-state index contributed by atoms with van der Waals surface area (Å²) in [7, 11) is 0. The van der Waals surface area contributed by atoms with Crippen molar-refractivity contribution < 1.29 is 9.90 Å². The molecule has 3 aliphatic rings. The summed E-state index contributed by atoms with van der Waals surface area (Å²) >= 11 is 6.87. The summed E-state index contributed by atoms with van der Waals surface area (Å²) < 4.78 is 2.00. The van der Waals surface area contributed by atoms with E-state index in [-0.39, 0.29) is 0 Å². The minimum absolute atomic E-state index is 0.681. The number of aliphatic carboxylic acids is 1. The van der Waals surface area contributed by atoms with Gasteiger partial charge in [0.2, 0.25) is 4.73 Å². The average Bonchev–Trinajstić information content (AvgIpc) is 3.11. The molecule has 0 aromatic carbocycles. The lowest BCUT2D eigenvalue weighted by Crippen LogP contribution is -2.31. The number of thiophene rings is 1. The number of carbonyl (C=O) groups is 1. The van der Waals surface area contributed by atoms with E-state index in [2.05, 4.69) is 30.7 Å². The molecule has 27 heavy (non-hydrogen) atoms. The topological polar surface area (TPSA) is 68.0 Å². The van der Waals surface area contributed by atoms with Crippen molar-refractivity contribution in [3.8, 4) is 5.00 Å². The molecule has 2 fully saturated rings. The summed E-state index contributed by atoms with van der Waals surface area (Å²) in [6, 6.07) is 0. The third kappa shape index (κ3) is 3.08. The maximum absolute atomic E-state index is 12.0.